The van der Waals surface area contributed by atoms with Crippen molar-refractivity contribution in [3.63, 3.8) is 0 Å². The van der Waals surface area contributed by atoms with Crippen molar-refractivity contribution < 1.29 is 9.59 Å². The molecule has 0 radical (unpaired) electrons. The summed E-state index contributed by atoms with van der Waals surface area (Å²) in [4.78, 5) is 29.0. The number of amides is 3. The minimum absolute atomic E-state index is 0.200. The monoisotopic (exact) mass is 428 g/mol. The molecule has 0 aliphatic heterocycles. The molecule has 2 N–H and O–H groups in total. The average molecular weight is 429 g/mol. The minimum atomic E-state index is -0.484. The number of hydrogen-bond donors (Lipinski definition) is 2. The van der Waals surface area contributed by atoms with Gasteiger partial charge in [0.1, 0.15) is 0 Å². The van der Waals surface area contributed by atoms with Crippen LogP contribution < -0.4 is 10.6 Å². The normalized spacial score (nSPS) is 14.6. The Morgan fingerprint density at radius 1 is 1.24 bits per heavy atom. The second kappa shape index (κ2) is 8.47. The molecule has 1 unspecified atom stereocenters. The molecule has 1 fully saturated rings. The molecule has 1 aliphatic carbocycles. The van der Waals surface area contributed by atoms with E-state index in [2.05, 4.69) is 27.3 Å². The first-order chi connectivity index (χ1) is 14.0. The van der Waals surface area contributed by atoms with Crippen LogP contribution in [0.4, 0.5) is 4.79 Å². The van der Waals surface area contributed by atoms with Gasteiger partial charge in [-0.15, -0.1) is 0 Å². The average Bonchev–Trinajstić information content (AvgIpc) is 3.44. The van der Waals surface area contributed by atoms with Crippen LogP contribution in [-0.4, -0.2) is 32.8 Å². The highest BCUT2D eigenvalue weighted by atomic mass is 35.5. The zero-order valence-corrected chi connectivity index (χ0v) is 17.5. The molecule has 1 heterocycles. The summed E-state index contributed by atoms with van der Waals surface area (Å²) in [5.74, 6) is -0.343. The number of urea groups is 1. The fourth-order valence-corrected chi connectivity index (χ4v) is 4.05. The van der Waals surface area contributed by atoms with Crippen molar-refractivity contribution in [3.8, 4) is 0 Å². The molecular formula is C21H21ClN4O2S. The number of carbonyl (C=O) groups excluding carboxylic acids is 2. The maximum Gasteiger partial charge on any atom is 0.321 e. The number of aromatic nitrogens is 2. The van der Waals surface area contributed by atoms with E-state index in [-0.39, 0.29) is 11.9 Å². The summed E-state index contributed by atoms with van der Waals surface area (Å²) in [6.45, 7) is 2.39. The van der Waals surface area contributed by atoms with Gasteiger partial charge in [0.2, 0.25) is 5.91 Å². The maximum absolute atomic E-state index is 12.4. The Hall–Kier alpha value is -2.51. The smallest absolute Gasteiger partial charge is 0.321 e. The summed E-state index contributed by atoms with van der Waals surface area (Å²) >= 11 is 7.46. The van der Waals surface area contributed by atoms with Crippen LogP contribution in [0.25, 0.3) is 11.0 Å². The number of imide groups is 1. The number of hydrogen-bond acceptors (Lipinski definition) is 4. The number of thioether (sulfide) groups is 1. The van der Waals surface area contributed by atoms with Crippen LogP contribution in [-0.2, 0) is 11.3 Å². The van der Waals surface area contributed by atoms with E-state index in [4.69, 9.17) is 16.6 Å². The van der Waals surface area contributed by atoms with Crippen molar-refractivity contribution in [1.29, 1.82) is 0 Å². The number of nitrogens with zero attached hydrogens (tertiary/aromatic N) is 2. The zero-order chi connectivity index (χ0) is 20.4. The van der Waals surface area contributed by atoms with E-state index in [1.807, 2.05) is 36.4 Å². The topological polar surface area (TPSA) is 76.0 Å². The summed E-state index contributed by atoms with van der Waals surface area (Å²) in [5.41, 5.74) is 2.85. The van der Waals surface area contributed by atoms with Gasteiger partial charge in [-0.25, -0.2) is 9.78 Å². The molecule has 1 aliphatic rings. The van der Waals surface area contributed by atoms with Gasteiger partial charge >= 0.3 is 6.03 Å². The van der Waals surface area contributed by atoms with Gasteiger partial charge in [0.05, 0.1) is 22.8 Å². The predicted octanol–water partition coefficient (Wildman–Crippen LogP) is 4.21. The van der Waals surface area contributed by atoms with Crippen LogP contribution in [0.5, 0.6) is 0 Å². The number of carbonyl (C=O) groups is 2. The molecule has 0 bridgehead atoms. The number of fused-ring (bicyclic) bond motifs is 1. The molecule has 1 atom stereocenters. The number of imidazole rings is 1. The summed E-state index contributed by atoms with van der Waals surface area (Å²) in [6, 6.07) is 15.4. The highest BCUT2D eigenvalue weighted by Crippen LogP contribution is 2.29. The summed E-state index contributed by atoms with van der Waals surface area (Å²) in [6.07, 6.45) is 1.94. The van der Waals surface area contributed by atoms with Crippen molar-refractivity contribution in [1.82, 2.24) is 20.2 Å². The molecule has 29 heavy (non-hydrogen) atoms. The summed E-state index contributed by atoms with van der Waals surface area (Å²) in [5, 5.41) is 6.01. The molecular weight excluding hydrogens is 408 g/mol. The van der Waals surface area contributed by atoms with E-state index in [0.717, 1.165) is 29.4 Å². The Labute approximate surface area is 178 Å². The number of nitrogens with one attached hydrogen (secondary N) is 2. The second-order valence-electron chi connectivity index (χ2n) is 7.10. The Bertz CT molecular complexity index is 1050. The standard InChI is InChI=1S/C21H21ClN4O2S/c1-13(19(27)25-20(28)23-16-8-9-16)29-21-24-17-11-15(22)7-10-18(17)26(21)12-14-5-3-2-4-6-14/h2-7,10-11,13,16H,8-9,12H2,1H3,(H2,23,25,27,28). The molecule has 0 saturated heterocycles. The highest BCUT2D eigenvalue weighted by Gasteiger charge is 2.26. The molecule has 150 valence electrons. The third-order valence-corrected chi connectivity index (χ3v) is 5.98. The third kappa shape index (κ3) is 4.92. The van der Waals surface area contributed by atoms with Gasteiger partial charge in [-0.2, -0.15) is 0 Å². The van der Waals surface area contributed by atoms with Crippen molar-refractivity contribution in [3.05, 3.63) is 59.1 Å². The van der Waals surface area contributed by atoms with Crippen molar-refractivity contribution in [2.45, 2.75) is 42.8 Å². The minimum Gasteiger partial charge on any atom is -0.335 e. The van der Waals surface area contributed by atoms with Gasteiger partial charge in [-0.1, -0.05) is 53.7 Å². The number of rotatable bonds is 6. The molecule has 3 amide bonds. The van der Waals surface area contributed by atoms with Crippen LogP contribution in [0.15, 0.2) is 53.7 Å². The van der Waals surface area contributed by atoms with E-state index < -0.39 is 11.3 Å². The van der Waals surface area contributed by atoms with Gasteiger partial charge in [0.15, 0.2) is 5.16 Å². The van der Waals surface area contributed by atoms with Gasteiger partial charge in [0.25, 0.3) is 0 Å². The fraction of sp³-hybridized carbons (Fsp3) is 0.286. The fourth-order valence-electron chi connectivity index (χ4n) is 2.96. The second-order valence-corrected chi connectivity index (χ2v) is 8.84. The molecule has 1 saturated carbocycles. The van der Waals surface area contributed by atoms with Crippen LogP contribution in [0.1, 0.15) is 25.3 Å². The van der Waals surface area contributed by atoms with Gasteiger partial charge in [-0.3, -0.25) is 10.1 Å². The lowest BCUT2D eigenvalue weighted by atomic mass is 10.2. The first-order valence-electron chi connectivity index (χ1n) is 9.47. The first kappa shape index (κ1) is 19.8. The highest BCUT2D eigenvalue weighted by molar-refractivity contribution is 8.00. The SMILES string of the molecule is CC(Sc1nc2cc(Cl)ccc2n1Cc1ccccc1)C(=O)NC(=O)NC1CC1. The lowest BCUT2D eigenvalue weighted by Gasteiger charge is -2.13. The summed E-state index contributed by atoms with van der Waals surface area (Å²) < 4.78 is 2.07. The Morgan fingerprint density at radius 3 is 2.72 bits per heavy atom. The quantitative estimate of drug-likeness (QED) is 0.577. The van der Waals surface area contributed by atoms with Crippen LogP contribution >= 0.6 is 23.4 Å². The molecule has 0 spiro atoms. The van der Waals surface area contributed by atoms with Gasteiger partial charge in [-0.05, 0) is 43.5 Å². The van der Waals surface area contributed by atoms with E-state index in [0.29, 0.717) is 16.7 Å². The number of benzene rings is 2. The van der Waals surface area contributed by atoms with E-state index >= 15 is 0 Å². The molecule has 8 heteroatoms. The van der Waals surface area contributed by atoms with Gasteiger partial charge < -0.3 is 9.88 Å². The maximum atomic E-state index is 12.4. The largest absolute Gasteiger partial charge is 0.335 e. The molecule has 6 nitrogen and oxygen atoms in total. The predicted molar refractivity (Wildman–Crippen MR) is 115 cm³/mol. The van der Waals surface area contributed by atoms with Crippen LogP contribution in [0, 0.1) is 0 Å². The van der Waals surface area contributed by atoms with Crippen LogP contribution in [0.2, 0.25) is 5.02 Å². The Kier molecular flexibility index (Phi) is 5.78. The van der Waals surface area contributed by atoms with E-state index in [1.54, 1.807) is 6.92 Å². The number of halogens is 1. The lowest BCUT2D eigenvalue weighted by Crippen LogP contribution is -2.43. The van der Waals surface area contributed by atoms with E-state index in [9.17, 15) is 9.59 Å². The third-order valence-electron chi connectivity index (χ3n) is 4.66. The summed E-state index contributed by atoms with van der Waals surface area (Å²) in [7, 11) is 0. The van der Waals surface area contributed by atoms with E-state index in [1.165, 1.54) is 11.8 Å². The van der Waals surface area contributed by atoms with Crippen LogP contribution in [0.3, 0.4) is 0 Å². The molecule has 4 rings (SSSR count). The van der Waals surface area contributed by atoms with Crippen molar-refractivity contribution in [2.24, 2.45) is 0 Å². The Morgan fingerprint density at radius 2 is 2.00 bits per heavy atom. The molecule has 2 aromatic carbocycles. The van der Waals surface area contributed by atoms with Gasteiger partial charge in [0, 0.05) is 11.1 Å². The Balaban J connectivity index is 1.55. The van der Waals surface area contributed by atoms with Crippen molar-refractivity contribution >= 4 is 46.3 Å². The lowest BCUT2D eigenvalue weighted by molar-refractivity contribution is -0.119. The molecule has 3 aromatic rings. The first-order valence-corrected chi connectivity index (χ1v) is 10.7. The molecule has 1 aromatic heterocycles. The zero-order valence-electron chi connectivity index (χ0n) is 15.9. The van der Waals surface area contributed by atoms with Crippen molar-refractivity contribution in [2.75, 3.05) is 0 Å².